The maximum absolute atomic E-state index is 9.61. The molecule has 0 amide bonds. The number of benzene rings is 8. The van der Waals surface area contributed by atoms with E-state index in [1.54, 1.807) is 0 Å². The zero-order chi connectivity index (χ0) is 34.4. The Morgan fingerprint density at radius 2 is 1.08 bits per heavy atom. The Hall–Kier alpha value is -6.01. The zero-order valence-corrected chi connectivity index (χ0v) is 29.5. The molecule has 8 aromatic carbocycles. The largest absolute Gasteiger partial charge is 0.192 e. The van der Waals surface area contributed by atoms with Crippen molar-refractivity contribution in [3.63, 3.8) is 0 Å². The molecule has 0 radical (unpaired) electrons. The van der Waals surface area contributed by atoms with Crippen molar-refractivity contribution in [3.8, 4) is 50.6 Å². The predicted octanol–water partition coefficient (Wildman–Crippen LogP) is 13.8. The van der Waals surface area contributed by atoms with Crippen molar-refractivity contribution in [2.45, 2.75) is 26.2 Å². The minimum absolute atomic E-state index is 0.167. The van der Waals surface area contributed by atoms with Gasteiger partial charge in [-0.15, -0.1) is 11.3 Å². The first kappa shape index (κ1) is 29.9. The van der Waals surface area contributed by atoms with Crippen molar-refractivity contribution < 1.29 is 0 Å². The average Bonchev–Trinajstić information content (AvgIpc) is 3.66. The van der Waals surface area contributed by atoms with Gasteiger partial charge in [0.05, 0.1) is 11.6 Å². The summed E-state index contributed by atoms with van der Waals surface area (Å²) in [5.41, 5.74) is 14.8. The normalized spacial score (nSPS) is 13.1. The minimum Gasteiger partial charge on any atom is -0.192 e. The van der Waals surface area contributed by atoms with Crippen LogP contribution in [0.3, 0.4) is 0 Å². The lowest BCUT2D eigenvalue weighted by Crippen LogP contribution is -2.15. The van der Waals surface area contributed by atoms with Gasteiger partial charge in [-0.3, -0.25) is 0 Å². The lowest BCUT2D eigenvalue weighted by molar-refractivity contribution is 0.660. The number of hydrogen-bond acceptors (Lipinski definition) is 2. The van der Waals surface area contributed by atoms with Crippen LogP contribution in [0, 0.1) is 18.3 Å². The van der Waals surface area contributed by atoms with Crippen molar-refractivity contribution >= 4 is 53.1 Å². The Balaban J connectivity index is 1.19. The molecule has 1 aliphatic rings. The van der Waals surface area contributed by atoms with Crippen molar-refractivity contribution in [1.82, 2.24) is 0 Å². The van der Waals surface area contributed by atoms with E-state index in [1.807, 2.05) is 23.5 Å². The topological polar surface area (TPSA) is 23.8 Å². The molecule has 0 unspecified atom stereocenters. The van der Waals surface area contributed by atoms with Gasteiger partial charge < -0.3 is 0 Å². The second-order valence-electron chi connectivity index (χ2n) is 14.4. The molecule has 0 saturated heterocycles. The summed E-state index contributed by atoms with van der Waals surface area (Å²) < 4.78 is 2.50. The Morgan fingerprint density at radius 1 is 0.510 bits per heavy atom. The monoisotopic (exact) mass is 667 g/mol. The van der Waals surface area contributed by atoms with E-state index >= 15 is 0 Å². The van der Waals surface area contributed by atoms with E-state index in [9.17, 15) is 5.26 Å². The highest BCUT2D eigenvalue weighted by atomic mass is 32.1. The van der Waals surface area contributed by atoms with Gasteiger partial charge in [0, 0.05) is 31.2 Å². The SMILES string of the molecule is Cc1cc2c(c3sc4cc(C#N)ccc4c13)-c1ccc(-c3c4ccccc4c(-c4ccc(-c5ccccc5)cc4)c4ccccc34)cc1C2(C)C. The molecule has 0 bridgehead atoms. The molecule has 1 aliphatic carbocycles. The molecule has 1 heterocycles. The summed E-state index contributed by atoms with van der Waals surface area (Å²) in [6.45, 7) is 7.00. The third-order valence-corrected chi connectivity index (χ3v) is 12.4. The fourth-order valence-corrected chi connectivity index (χ4v) is 10.1. The number of hydrogen-bond donors (Lipinski definition) is 0. The van der Waals surface area contributed by atoms with E-state index in [1.165, 1.54) is 103 Å². The first-order valence-corrected chi connectivity index (χ1v) is 18.4. The van der Waals surface area contributed by atoms with E-state index in [0.29, 0.717) is 5.56 Å². The average molecular weight is 668 g/mol. The lowest BCUT2D eigenvalue weighted by Gasteiger charge is -2.23. The van der Waals surface area contributed by atoms with Crippen LogP contribution in [-0.4, -0.2) is 0 Å². The van der Waals surface area contributed by atoms with Crippen LogP contribution in [0.4, 0.5) is 0 Å². The Labute approximate surface area is 301 Å². The van der Waals surface area contributed by atoms with Crippen LogP contribution >= 0.6 is 11.3 Å². The summed E-state index contributed by atoms with van der Waals surface area (Å²) in [6.07, 6.45) is 0. The first-order chi connectivity index (χ1) is 24.9. The van der Waals surface area contributed by atoms with Crippen LogP contribution in [0.1, 0.15) is 36.1 Å². The van der Waals surface area contributed by atoms with E-state index < -0.39 is 0 Å². The van der Waals surface area contributed by atoms with E-state index in [-0.39, 0.29) is 5.41 Å². The van der Waals surface area contributed by atoms with Crippen LogP contribution < -0.4 is 0 Å². The van der Waals surface area contributed by atoms with Crippen LogP contribution in [0.25, 0.3) is 86.2 Å². The van der Waals surface area contributed by atoms with Crippen molar-refractivity contribution in [3.05, 3.63) is 168 Å². The van der Waals surface area contributed by atoms with Gasteiger partial charge in [-0.05, 0) is 102 Å². The van der Waals surface area contributed by atoms with Crippen LogP contribution in [0.2, 0.25) is 0 Å². The van der Waals surface area contributed by atoms with Gasteiger partial charge in [-0.2, -0.15) is 5.26 Å². The molecular formula is C49H33NS. The summed E-state index contributed by atoms with van der Waals surface area (Å²) in [4.78, 5) is 0. The number of nitrogens with zero attached hydrogens (tertiary/aromatic N) is 1. The Kier molecular flexibility index (Phi) is 6.44. The second kappa shape index (κ2) is 11.0. The van der Waals surface area contributed by atoms with Crippen LogP contribution in [-0.2, 0) is 5.41 Å². The van der Waals surface area contributed by atoms with Gasteiger partial charge in [0.1, 0.15) is 0 Å². The first-order valence-electron chi connectivity index (χ1n) is 17.6. The standard InChI is InChI=1S/C49H33NS/c1-29-25-42-47(48-44(29)40-23-17-30(28-50)26-43(40)51-48)39-24-22-34(27-41(39)49(42,2)3)46-37-15-9-7-13-35(37)45(36-14-8-10-16-38(36)46)33-20-18-32(19-21-33)31-11-5-4-6-12-31/h4-27H,1-3H3. The van der Waals surface area contributed by atoms with Gasteiger partial charge in [0.15, 0.2) is 0 Å². The smallest absolute Gasteiger partial charge is 0.0992 e. The zero-order valence-electron chi connectivity index (χ0n) is 28.7. The Bertz CT molecular complexity index is 2880. The van der Waals surface area contributed by atoms with Gasteiger partial charge in [0.25, 0.3) is 0 Å². The number of fused-ring (bicyclic) bond motifs is 9. The van der Waals surface area contributed by atoms with Gasteiger partial charge in [0.2, 0.25) is 0 Å². The quantitative estimate of drug-likeness (QED) is 0.172. The maximum Gasteiger partial charge on any atom is 0.0992 e. The van der Waals surface area contributed by atoms with E-state index in [2.05, 4.69) is 160 Å². The van der Waals surface area contributed by atoms with E-state index in [4.69, 9.17) is 0 Å². The Morgan fingerprint density at radius 3 is 1.73 bits per heavy atom. The molecular weight excluding hydrogens is 635 g/mol. The molecule has 10 rings (SSSR count). The maximum atomic E-state index is 9.61. The second-order valence-corrected chi connectivity index (χ2v) is 15.5. The number of thiophene rings is 1. The highest BCUT2D eigenvalue weighted by molar-refractivity contribution is 7.26. The van der Waals surface area contributed by atoms with Crippen LogP contribution in [0.5, 0.6) is 0 Å². The molecule has 240 valence electrons. The van der Waals surface area contributed by atoms with Crippen LogP contribution in [0.15, 0.2) is 146 Å². The number of aryl methyl sites for hydroxylation is 1. The highest BCUT2D eigenvalue weighted by Crippen LogP contribution is 2.56. The summed E-state index contributed by atoms with van der Waals surface area (Å²) >= 11 is 1.83. The van der Waals surface area contributed by atoms with Gasteiger partial charge >= 0.3 is 0 Å². The summed E-state index contributed by atoms with van der Waals surface area (Å²) in [5.74, 6) is 0. The van der Waals surface area contributed by atoms with Crippen molar-refractivity contribution in [2.24, 2.45) is 0 Å². The molecule has 0 saturated carbocycles. The third-order valence-electron chi connectivity index (χ3n) is 11.2. The molecule has 0 aliphatic heterocycles. The molecule has 1 nitrogen and oxygen atoms in total. The molecule has 2 heteroatoms. The fraction of sp³-hybridized carbons (Fsp3) is 0.0816. The van der Waals surface area contributed by atoms with E-state index in [0.717, 1.165) is 0 Å². The molecule has 0 spiro atoms. The number of nitriles is 1. The summed E-state index contributed by atoms with van der Waals surface area (Å²) in [6, 6.07) is 55.6. The summed E-state index contributed by atoms with van der Waals surface area (Å²) in [7, 11) is 0. The summed E-state index contributed by atoms with van der Waals surface area (Å²) in [5, 5.41) is 17.2. The van der Waals surface area contributed by atoms with Gasteiger partial charge in [-0.1, -0.05) is 141 Å². The molecule has 0 atom stereocenters. The number of rotatable bonds is 3. The van der Waals surface area contributed by atoms with Crippen molar-refractivity contribution in [1.29, 1.82) is 5.26 Å². The molecule has 51 heavy (non-hydrogen) atoms. The minimum atomic E-state index is -0.167. The van der Waals surface area contributed by atoms with Gasteiger partial charge in [-0.25, -0.2) is 0 Å². The molecule has 9 aromatic rings. The molecule has 0 N–H and O–H groups in total. The molecule has 1 aromatic heterocycles. The lowest BCUT2D eigenvalue weighted by atomic mass is 9.80. The third kappa shape index (κ3) is 4.32. The molecule has 0 fully saturated rings. The van der Waals surface area contributed by atoms with Crippen molar-refractivity contribution in [2.75, 3.05) is 0 Å². The highest BCUT2D eigenvalue weighted by Gasteiger charge is 2.38. The fourth-order valence-electron chi connectivity index (χ4n) is 8.77. The predicted molar refractivity (Wildman–Crippen MR) is 218 cm³/mol.